The molecule has 2 aromatic rings. The third kappa shape index (κ3) is 3.72. The van der Waals surface area contributed by atoms with E-state index in [4.69, 9.17) is 4.74 Å². The average molecular weight is 426 g/mol. The maximum atomic E-state index is 13.4. The molecular weight excluding hydrogens is 394 g/mol. The molecule has 166 valence electrons. The van der Waals surface area contributed by atoms with Crippen LogP contribution in [-0.4, -0.2) is 69.6 Å². The number of carbonyl (C=O) groups is 1. The molecule has 3 aliphatic heterocycles. The highest BCUT2D eigenvalue weighted by molar-refractivity contribution is 5.93. The van der Waals surface area contributed by atoms with Crippen LogP contribution >= 0.6 is 0 Å². The van der Waals surface area contributed by atoms with Crippen molar-refractivity contribution < 1.29 is 9.53 Å². The number of carbonyl (C=O) groups excluding carboxylic acids is 1. The number of rotatable bonds is 5. The van der Waals surface area contributed by atoms with E-state index in [9.17, 15) is 9.59 Å². The second kappa shape index (κ2) is 8.24. The summed E-state index contributed by atoms with van der Waals surface area (Å²) in [7, 11) is 1.74. The minimum atomic E-state index is -0.0147. The van der Waals surface area contributed by atoms with Crippen LogP contribution in [0.25, 0.3) is 0 Å². The summed E-state index contributed by atoms with van der Waals surface area (Å²) >= 11 is 0. The van der Waals surface area contributed by atoms with Gasteiger partial charge in [-0.2, -0.15) is 0 Å². The van der Waals surface area contributed by atoms with Gasteiger partial charge in [-0.05, 0) is 44.7 Å². The number of aromatic amines is 1. The number of amides is 1. The fourth-order valence-corrected chi connectivity index (χ4v) is 5.70. The van der Waals surface area contributed by atoms with Crippen LogP contribution in [0.2, 0.25) is 0 Å². The fourth-order valence-electron chi connectivity index (χ4n) is 5.70. The molecule has 1 amide bonds. The van der Waals surface area contributed by atoms with Crippen molar-refractivity contribution in [2.45, 2.75) is 51.2 Å². The van der Waals surface area contributed by atoms with E-state index in [0.29, 0.717) is 43.8 Å². The normalized spacial score (nSPS) is 25.6. The number of imidazole rings is 1. The lowest BCUT2D eigenvalue weighted by atomic mass is 9.82. The Balaban J connectivity index is 1.36. The lowest BCUT2D eigenvalue weighted by Crippen LogP contribution is -2.49. The van der Waals surface area contributed by atoms with Crippen molar-refractivity contribution in [3.63, 3.8) is 0 Å². The van der Waals surface area contributed by atoms with Gasteiger partial charge in [-0.25, -0.2) is 4.98 Å². The second-order valence-corrected chi connectivity index (χ2v) is 9.31. The van der Waals surface area contributed by atoms with E-state index < -0.39 is 0 Å². The van der Waals surface area contributed by atoms with E-state index >= 15 is 0 Å². The zero-order chi connectivity index (χ0) is 21.5. The zero-order valence-corrected chi connectivity index (χ0v) is 18.3. The number of ether oxygens (including phenoxy) is 1. The summed E-state index contributed by atoms with van der Waals surface area (Å²) in [5.41, 5.74) is 3.38. The Morgan fingerprint density at radius 3 is 2.94 bits per heavy atom. The molecular formula is C23H31N5O3. The lowest BCUT2D eigenvalue weighted by Gasteiger charge is -2.42. The van der Waals surface area contributed by atoms with E-state index in [1.165, 1.54) is 0 Å². The van der Waals surface area contributed by atoms with Gasteiger partial charge in [0, 0.05) is 62.2 Å². The van der Waals surface area contributed by atoms with Gasteiger partial charge in [0.15, 0.2) is 0 Å². The van der Waals surface area contributed by atoms with Gasteiger partial charge < -0.3 is 19.2 Å². The summed E-state index contributed by atoms with van der Waals surface area (Å²) in [4.78, 5) is 37.8. The molecule has 3 atom stereocenters. The summed E-state index contributed by atoms with van der Waals surface area (Å²) in [5.74, 6) is 0.486. The van der Waals surface area contributed by atoms with E-state index in [-0.39, 0.29) is 17.4 Å². The number of nitrogens with zero attached hydrogens (tertiary/aromatic N) is 4. The van der Waals surface area contributed by atoms with E-state index in [1.54, 1.807) is 13.4 Å². The van der Waals surface area contributed by atoms with Gasteiger partial charge in [0.2, 0.25) is 0 Å². The highest BCUT2D eigenvalue weighted by Crippen LogP contribution is 2.36. The van der Waals surface area contributed by atoms with Gasteiger partial charge in [-0.15, -0.1) is 0 Å². The van der Waals surface area contributed by atoms with Crippen LogP contribution in [-0.2, 0) is 17.8 Å². The Morgan fingerprint density at radius 1 is 1.29 bits per heavy atom. The molecule has 2 fully saturated rings. The number of nitrogens with one attached hydrogen (secondary N) is 1. The molecule has 0 aliphatic carbocycles. The number of fused-ring (bicyclic) bond motifs is 4. The van der Waals surface area contributed by atoms with Crippen molar-refractivity contribution >= 4 is 5.91 Å². The molecule has 8 nitrogen and oxygen atoms in total. The third-order valence-electron chi connectivity index (χ3n) is 7.23. The number of aryl methyl sites for hydroxylation is 1. The van der Waals surface area contributed by atoms with Gasteiger partial charge in [0.1, 0.15) is 5.69 Å². The van der Waals surface area contributed by atoms with Crippen LogP contribution in [0.4, 0.5) is 0 Å². The number of H-pyrrole nitrogens is 1. The van der Waals surface area contributed by atoms with Gasteiger partial charge >= 0.3 is 0 Å². The van der Waals surface area contributed by atoms with Gasteiger partial charge in [0.25, 0.3) is 11.5 Å². The van der Waals surface area contributed by atoms with Crippen molar-refractivity contribution in [2.24, 2.45) is 5.92 Å². The molecule has 5 heterocycles. The second-order valence-electron chi connectivity index (χ2n) is 9.31. The quantitative estimate of drug-likeness (QED) is 0.789. The van der Waals surface area contributed by atoms with Crippen LogP contribution in [0.15, 0.2) is 23.3 Å². The van der Waals surface area contributed by atoms with E-state index in [2.05, 4.69) is 20.9 Å². The third-order valence-corrected chi connectivity index (χ3v) is 7.23. The first kappa shape index (κ1) is 20.5. The molecule has 0 spiro atoms. The van der Waals surface area contributed by atoms with Gasteiger partial charge in [-0.3, -0.25) is 14.5 Å². The largest absolute Gasteiger partial charge is 0.383 e. The highest BCUT2D eigenvalue weighted by atomic mass is 16.5. The average Bonchev–Trinajstić information content (AvgIpc) is 3.39. The number of piperidine rings is 1. The number of likely N-dealkylation sites (tertiary alicyclic amines) is 2. The standard InChI is InChI=1S/C23H31N5O3/c1-15-21(25-14-24-15)23(30)27-9-16-8-18(12-27)20-6-5-17(22(29)28(20)10-16)11-26-7-3-4-19(26)13-31-2/h5-6,14,16,18-19H,3-4,7-13H2,1-2H3,(H,24,25)/t16-,18+,19-/m0/s1. The van der Waals surface area contributed by atoms with Crippen LogP contribution < -0.4 is 5.56 Å². The Bertz CT molecular complexity index is 1030. The predicted molar refractivity (Wildman–Crippen MR) is 116 cm³/mol. The fraction of sp³-hybridized carbons (Fsp3) is 0.609. The Hall–Kier alpha value is -2.45. The molecule has 3 aliphatic rings. The van der Waals surface area contributed by atoms with Gasteiger partial charge in [0.05, 0.1) is 12.9 Å². The molecule has 0 aromatic carbocycles. The Kier molecular flexibility index (Phi) is 5.44. The van der Waals surface area contributed by atoms with Crippen LogP contribution in [0, 0.1) is 12.8 Å². The first-order chi connectivity index (χ1) is 15.0. The number of pyridine rings is 1. The van der Waals surface area contributed by atoms with Crippen molar-refractivity contribution in [1.29, 1.82) is 0 Å². The first-order valence-electron chi connectivity index (χ1n) is 11.3. The first-order valence-corrected chi connectivity index (χ1v) is 11.3. The van der Waals surface area contributed by atoms with Crippen molar-refractivity contribution in [1.82, 2.24) is 24.3 Å². The van der Waals surface area contributed by atoms with E-state index in [1.807, 2.05) is 22.5 Å². The SMILES string of the molecule is COC[C@@H]1CCCN1Cc1ccc2n(c1=O)C[C@H]1C[C@@H]2CN(C(=O)c2nc[nH]c2C)C1. The smallest absolute Gasteiger partial charge is 0.274 e. The molecule has 5 rings (SSSR count). The Labute approximate surface area is 182 Å². The van der Waals surface area contributed by atoms with Crippen molar-refractivity contribution in [2.75, 3.05) is 33.4 Å². The minimum absolute atomic E-state index is 0.0147. The zero-order valence-electron chi connectivity index (χ0n) is 18.3. The van der Waals surface area contributed by atoms with Crippen molar-refractivity contribution in [3.05, 3.63) is 51.5 Å². The maximum Gasteiger partial charge on any atom is 0.274 e. The number of aromatic nitrogens is 3. The number of hydrogen-bond acceptors (Lipinski definition) is 5. The van der Waals surface area contributed by atoms with Crippen LogP contribution in [0.1, 0.15) is 52.6 Å². The van der Waals surface area contributed by atoms with Crippen LogP contribution in [0.3, 0.4) is 0 Å². The minimum Gasteiger partial charge on any atom is -0.383 e. The lowest BCUT2D eigenvalue weighted by molar-refractivity contribution is 0.0587. The summed E-state index contributed by atoms with van der Waals surface area (Å²) in [6.45, 7) is 6.30. The molecule has 2 bridgehead atoms. The number of hydrogen-bond donors (Lipinski definition) is 1. The van der Waals surface area contributed by atoms with Crippen molar-refractivity contribution in [3.8, 4) is 0 Å². The Morgan fingerprint density at radius 2 is 2.16 bits per heavy atom. The van der Waals surface area contributed by atoms with E-state index in [0.717, 1.165) is 49.4 Å². The summed E-state index contributed by atoms with van der Waals surface area (Å²) in [6, 6.07) is 4.53. The molecule has 31 heavy (non-hydrogen) atoms. The monoisotopic (exact) mass is 425 g/mol. The maximum absolute atomic E-state index is 13.4. The highest BCUT2D eigenvalue weighted by Gasteiger charge is 2.37. The topological polar surface area (TPSA) is 83.5 Å². The molecule has 0 unspecified atom stereocenters. The van der Waals surface area contributed by atoms with Crippen LogP contribution in [0.5, 0.6) is 0 Å². The molecule has 0 saturated carbocycles. The number of methoxy groups -OCH3 is 1. The molecule has 1 N–H and O–H groups in total. The molecule has 2 aromatic heterocycles. The summed E-state index contributed by atoms with van der Waals surface area (Å²) in [6.07, 6.45) is 4.89. The predicted octanol–water partition coefficient (Wildman–Crippen LogP) is 1.75. The molecule has 2 saturated heterocycles. The van der Waals surface area contributed by atoms with Gasteiger partial charge in [-0.1, -0.05) is 6.07 Å². The summed E-state index contributed by atoms with van der Waals surface area (Å²) < 4.78 is 7.35. The molecule has 0 radical (unpaired) electrons. The summed E-state index contributed by atoms with van der Waals surface area (Å²) in [5, 5.41) is 0. The molecule has 8 heteroatoms.